The van der Waals surface area contributed by atoms with Crippen LogP contribution in [0.5, 0.6) is 0 Å². The van der Waals surface area contributed by atoms with Crippen LogP contribution in [0.2, 0.25) is 0 Å². The predicted molar refractivity (Wildman–Crippen MR) is 99.2 cm³/mol. The van der Waals surface area contributed by atoms with Crippen molar-refractivity contribution in [2.75, 3.05) is 0 Å². The fraction of sp³-hybridized carbons (Fsp3) is 0.350. The lowest BCUT2D eigenvalue weighted by Gasteiger charge is -2.20. The summed E-state index contributed by atoms with van der Waals surface area (Å²) in [5.41, 5.74) is 4.58. The van der Waals surface area contributed by atoms with Crippen LogP contribution >= 0.6 is 0 Å². The molecule has 5 nitrogen and oxygen atoms in total. The van der Waals surface area contributed by atoms with E-state index in [9.17, 15) is 0 Å². The van der Waals surface area contributed by atoms with Crippen LogP contribution < -0.4 is 5.32 Å². The largest absolute Gasteiger partial charge is 0.303 e. The second kappa shape index (κ2) is 7.57. The van der Waals surface area contributed by atoms with Gasteiger partial charge < -0.3 is 5.32 Å². The number of hydrogen-bond donors (Lipinski definition) is 1. The minimum absolute atomic E-state index is 0.174. The van der Waals surface area contributed by atoms with Crippen LogP contribution in [0.25, 0.3) is 0 Å². The van der Waals surface area contributed by atoms with Crippen molar-refractivity contribution in [3.63, 3.8) is 0 Å². The number of hydrogen-bond acceptors (Lipinski definition) is 4. The van der Waals surface area contributed by atoms with Gasteiger partial charge in [0.15, 0.2) is 0 Å². The second-order valence-corrected chi connectivity index (χ2v) is 6.52. The molecule has 3 rings (SSSR count). The monoisotopic (exact) mass is 335 g/mol. The molecule has 3 aromatic rings. The van der Waals surface area contributed by atoms with Gasteiger partial charge in [-0.2, -0.15) is 5.10 Å². The molecule has 2 heterocycles. The summed E-state index contributed by atoms with van der Waals surface area (Å²) in [4.78, 5) is 8.78. The Kier molecular flexibility index (Phi) is 5.24. The fourth-order valence-electron chi connectivity index (χ4n) is 3.04. The van der Waals surface area contributed by atoms with E-state index in [-0.39, 0.29) is 12.1 Å². The summed E-state index contributed by atoms with van der Waals surface area (Å²) >= 11 is 0. The van der Waals surface area contributed by atoms with Crippen LogP contribution in [-0.4, -0.2) is 19.7 Å². The summed E-state index contributed by atoms with van der Waals surface area (Å²) in [5.74, 6) is 0.809. The summed E-state index contributed by atoms with van der Waals surface area (Å²) in [6.07, 6.45) is 5.96. The van der Waals surface area contributed by atoms with Crippen molar-refractivity contribution in [2.24, 2.45) is 0 Å². The Balaban J connectivity index is 1.66. The highest BCUT2D eigenvalue weighted by Crippen LogP contribution is 2.20. The first-order chi connectivity index (χ1) is 12.0. The Morgan fingerprint density at radius 1 is 1.04 bits per heavy atom. The van der Waals surface area contributed by atoms with Crippen LogP contribution in [0.3, 0.4) is 0 Å². The van der Waals surface area contributed by atoms with Gasteiger partial charge in [-0.05, 0) is 33.3 Å². The molecule has 0 unspecified atom stereocenters. The lowest BCUT2D eigenvalue weighted by atomic mass is 10.1. The average Bonchev–Trinajstić information content (AvgIpc) is 3.04. The van der Waals surface area contributed by atoms with E-state index in [4.69, 9.17) is 0 Å². The molecule has 0 radical (unpaired) electrons. The first kappa shape index (κ1) is 17.3. The molecule has 2 aromatic heterocycles. The van der Waals surface area contributed by atoms with E-state index < -0.39 is 0 Å². The Hall–Kier alpha value is -2.53. The highest BCUT2D eigenvalue weighted by Gasteiger charge is 2.15. The maximum absolute atomic E-state index is 4.49. The number of benzene rings is 1. The van der Waals surface area contributed by atoms with Gasteiger partial charge >= 0.3 is 0 Å². The molecule has 5 heteroatoms. The molecular formula is C20H25N5. The third-order valence-corrected chi connectivity index (χ3v) is 4.44. The maximum Gasteiger partial charge on any atom is 0.125 e. The number of aromatic nitrogens is 4. The summed E-state index contributed by atoms with van der Waals surface area (Å²) in [7, 11) is 0. The molecule has 0 spiro atoms. The molecule has 0 saturated carbocycles. The number of rotatable bonds is 6. The zero-order valence-electron chi connectivity index (χ0n) is 15.3. The third-order valence-electron chi connectivity index (χ3n) is 4.44. The van der Waals surface area contributed by atoms with E-state index in [2.05, 4.69) is 64.7 Å². The lowest BCUT2D eigenvalue weighted by molar-refractivity contribution is 0.490. The fourth-order valence-corrected chi connectivity index (χ4v) is 3.04. The number of nitrogens with zero attached hydrogens (tertiary/aromatic N) is 4. The van der Waals surface area contributed by atoms with Crippen molar-refractivity contribution in [3.05, 3.63) is 77.1 Å². The van der Waals surface area contributed by atoms with Crippen molar-refractivity contribution in [2.45, 2.75) is 46.3 Å². The molecule has 0 aliphatic rings. The normalized spacial score (nSPS) is 13.6. The molecule has 2 atom stereocenters. The maximum atomic E-state index is 4.49. The van der Waals surface area contributed by atoms with Crippen molar-refractivity contribution >= 4 is 0 Å². The second-order valence-electron chi connectivity index (χ2n) is 6.52. The van der Waals surface area contributed by atoms with Gasteiger partial charge in [-0.15, -0.1) is 0 Å². The van der Waals surface area contributed by atoms with E-state index >= 15 is 0 Å². The zero-order chi connectivity index (χ0) is 17.8. The van der Waals surface area contributed by atoms with E-state index in [0.717, 1.165) is 23.6 Å². The summed E-state index contributed by atoms with van der Waals surface area (Å²) in [6.45, 7) is 9.04. The van der Waals surface area contributed by atoms with Gasteiger partial charge in [0.05, 0.1) is 12.7 Å². The molecule has 0 saturated heterocycles. The van der Waals surface area contributed by atoms with Gasteiger partial charge in [0.25, 0.3) is 0 Å². The van der Waals surface area contributed by atoms with Gasteiger partial charge in [-0.3, -0.25) is 4.68 Å². The van der Waals surface area contributed by atoms with Gasteiger partial charge in [-0.25, -0.2) is 9.97 Å². The van der Waals surface area contributed by atoms with Gasteiger partial charge in [-0.1, -0.05) is 30.3 Å². The quantitative estimate of drug-likeness (QED) is 0.745. The average molecular weight is 335 g/mol. The van der Waals surface area contributed by atoms with Crippen molar-refractivity contribution < 1.29 is 0 Å². The standard InChI is InChI=1S/C20H25N5/c1-14(23-15(2)20-11-21-17(4)24-16(20)3)19-10-22-25(13-19)12-18-8-6-5-7-9-18/h5-11,13-15,23H,12H2,1-4H3/t14-,15+/m0/s1. The lowest BCUT2D eigenvalue weighted by Crippen LogP contribution is -2.23. The first-order valence-corrected chi connectivity index (χ1v) is 8.65. The summed E-state index contributed by atoms with van der Waals surface area (Å²) in [5, 5.41) is 8.11. The Morgan fingerprint density at radius 2 is 1.80 bits per heavy atom. The number of aryl methyl sites for hydroxylation is 2. The summed E-state index contributed by atoms with van der Waals surface area (Å²) in [6, 6.07) is 10.7. The molecule has 0 aliphatic heterocycles. The SMILES string of the molecule is Cc1ncc([C@@H](C)N[C@@H](C)c2cnn(Cc3ccccc3)c2)c(C)n1. The first-order valence-electron chi connectivity index (χ1n) is 8.65. The molecule has 0 amide bonds. The molecule has 25 heavy (non-hydrogen) atoms. The molecule has 1 N–H and O–H groups in total. The predicted octanol–water partition coefficient (Wildman–Crippen LogP) is 3.75. The minimum Gasteiger partial charge on any atom is -0.303 e. The van der Waals surface area contributed by atoms with E-state index in [1.807, 2.05) is 37.0 Å². The zero-order valence-corrected chi connectivity index (χ0v) is 15.3. The van der Waals surface area contributed by atoms with E-state index in [1.165, 1.54) is 11.1 Å². The van der Waals surface area contributed by atoms with Gasteiger partial charge in [0.2, 0.25) is 0 Å². The molecule has 0 bridgehead atoms. The molecule has 0 fully saturated rings. The molecule has 130 valence electrons. The third kappa shape index (κ3) is 4.31. The van der Waals surface area contributed by atoms with Crippen LogP contribution in [0.4, 0.5) is 0 Å². The smallest absolute Gasteiger partial charge is 0.125 e. The van der Waals surface area contributed by atoms with Crippen LogP contribution in [0, 0.1) is 13.8 Å². The van der Waals surface area contributed by atoms with Crippen LogP contribution in [0.15, 0.2) is 48.9 Å². The van der Waals surface area contributed by atoms with Crippen molar-refractivity contribution in [1.29, 1.82) is 0 Å². The highest BCUT2D eigenvalue weighted by atomic mass is 15.3. The molecule has 0 aliphatic carbocycles. The van der Waals surface area contributed by atoms with Crippen LogP contribution in [0.1, 0.15) is 54.1 Å². The molecule has 1 aromatic carbocycles. The minimum atomic E-state index is 0.174. The topological polar surface area (TPSA) is 55.6 Å². The van der Waals surface area contributed by atoms with Gasteiger partial charge in [0, 0.05) is 41.3 Å². The van der Waals surface area contributed by atoms with Crippen molar-refractivity contribution in [3.8, 4) is 0 Å². The summed E-state index contributed by atoms with van der Waals surface area (Å²) < 4.78 is 1.98. The Morgan fingerprint density at radius 3 is 2.52 bits per heavy atom. The highest BCUT2D eigenvalue weighted by molar-refractivity contribution is 5.21. The molecular weight excluding hydrogens is 310 g/mol. The number of nitrogens with one attached hydrogen (secondary N) is 1. The Labute approximate surface area is 149 Å². The van der Waals surface area contributed by atoms with E-state index in [1.54, 1.807) is 0 Å². The van der Waals surface area contributed by atoms with Gasteiger partial charge in [0.1, 0.15) is 5.82 Å². The Bertz CT molecular complexity index is 825. The van der Waals surface area contributed by atoms with Crippen molar-refractivity contribution in [1.82, 2.24) is 25.1 Å². The van der Waals surface area contributed by atoms with Crippen LogP contribution in [-0.2, 0) is 6.54 Å². The van der Waals surface area contributed by atoms with E-state index in [0.29, 0.717) is 0 Å².